The Morgan fingerprint density at radius 2 is 2.33 bits per heavy atom. The largest absolute Gasteiger partial charge is 0.380 e. The van der Waals surface area contributed by atoms with Crippen LogP contribution in [0.3, 0.4) is 0 Å². The second-order valence-corrected chi connectivity index (χ2v) is 2.12. The van der Waals surface area contributed by atoms with Gasteiger partial charge in [0.25, 0.3) is 0 Å². The summed E-state index contributed by atoms with van der Waals surface area (Å²) in [7, 11) is 1.67. The number of ether oxygens (including phenoxy) is 1. The average molecular weight is 126 g/mol. The second-order valence-electron chi connectivity index (χ2n) is 2.12. The van der Waals surface area contributed by atoms with Gasteiger partial charge >= 0.3 is 0 Å². The van der Waals surface area contributed by atoms with Crippen molar-refractivity contribution >= 4 is 0 Å². The lowest BCUT2D eigenvalue weighted by atomic mass is 10.0. The number of allylic oxidation sites excluding steroid dienone is 1. The molecule has 0 aromatic carbocycles. The maximum Gasteiger partial charge on any atom is 0.0676 e. The van der Waals surface area contributed by atoms with E-state index in [4.69, 9.17) is 4.74 Å². The Morgan fingerprint density at radius 3 is 2.67 bits per heavy atom. The van der Waals surface area contributed by atoms with E-state index in [-0.39, 0.29) is 0 Å². The lowest BCUT2D eigenvalue weighted by Gasteiger charge is -2.07. The van der Waals surface area contributed by atoms with Crippen molar-refractivity contribution in [3.63, 3.8) is 0 Å². The van der Waals surface area contributed by atoms with E-state index < -0.39 is 0 Å². The predicted octanol–water partition coefficient (Wildman–Crippen LogP) is 2.01. The maximum atomic E-state index is 4.88. The smallest absolute Gasteiger partial charge is 0.0676 e. The van der Waals surface area contributed by atoms with Crippen molar-refractivity contribution in [2.75, 3.05) is 13.7 Å². The summed E-state index contributed by atoms with van der Waals surface area (Å²) in [5, 5.41) is 0. The van der Waals surface area contributed by atoms with E-state index >= 15 is 0 Å². The van der Waals surface area contributed by atoms with Crippen LogP contribution in [0.5, 0.6) is 0 Å². The molecule has 0 aliphatic carbocycles. The zero-order valence-electron chi connectivity index (χ0n) is 6.18. The molecule has 1 nitrogen and oxygen atoms in total. The van der Waals surface area contributed by atoms with E-state index in [1.54, 1.807) is 7.11 Å². The van der Waals surface area contributed by atoms with Gasteiger partial charge in [0.1, 0.15) is 0 Å². The fourth-order valence-electron chi connectivity index (χ4n) is 0.484. The third kappa shape index (κ3) is 3.09. The standard InChI is InChI=1S/C8H14O/c1-5-7(2)8(3)6-9-4/h5,7H,1,3,6H2,2,4H3. The Balaban J connectivity index is 3.58. The molecule has 0 fully saturated rings. The molecule has 0 radical (unpaired) electrons. The third-order valence-corrected chi connectivity index (χ3v) is 1.33. The first-order valence-corrected chi connectivity index (χ1v) is 3.01. The first kappa shape index (κ1) is 8.44. The normalized spacial score (nSPS) is 12.7. The molecule has 0 bridgehead atoms. The topological polar surface area (TPSA) is 9.23 Å². The van der Waals surface area contributed by atoms with Gasteiger partial charge in [-0.1, -0.05) is 19.6 Å². The molecule has 0 amide bonds. The first-order chi connectivity index (χ1) is 4.22. The van der Waals surface area contributed by atoms with Gasteiger partial charge in [0, 0.05) is 7.11 Å². The average Bonchev–Trinajstić information content (AvgIpc) is 1.87. The lowest BCUT2D eigenvalue weighted by molar-refractivity contribution is 0.220. The summed E-state index contributed by atoms with van der Waals surface area (Å²) in [5.74, 6) is 0.366. The third-order valence-electron chi connectivity index (χ3n) is 1.33. The van der Waals surface area contributed by atoms with Gasteiger partial charge in [0.2, 0.25) is 0 Å². The van der Waals surface area contributed by atoms with Crippen molar-refractivity contribution in [3.8, 4) is 0 Å². The van der Waals surface area contributed by atoms with E-state index in [1.807, 2.05) is 13.0 Å². The van der Waals surface area contributed by atoms with Crippen molar-refractivity contribution in [2.45, 2.75) is 6.92 Å². The summed E-state index contributed by atoms with van der Waals surface area (Å²) in [5.41, 5.74) is 1.08. The Kier molecular flexibility index (Phi) is 4.06. The van der Waals surface area contributed by atoms with Crippen LogP contribution in [-0.2, 0) is 4.74 Å². The fraction of sp³-hybridized carbons (Fsp3) is 0.500. The van der Waals surface area contributed by atoms with E-state index in [0.29, 0.717) is 12.5 Å². The summed E-state index contributed by atoms with van der Waals surface area (Å²) < 4.78 is 4.88. The molecule has 0 aromatic rings. The summed E-state index contributed by atoms with van der Waals surface area (Å²) in [6.07, 6.45) is 1.86. The predicted molar refractivity (Wildman–Crippen MR) is 40.4 cm³/mol. The minimum atomic E-state index is 0.366. The van der Waals surface area contributed by atoms with Crippen LogP contribution in [0.4, 0.5) is 0 Å². The van der Waals surface area contributed by atoms with Gasteiger partial charge in [-0.3, -0.25) is 0 Å². The Morgan fingerprint density at radius 1 is 1.78 bits per heavy atom. The summed E-state index contributed by atoms with van der Waals surface area (Å²) in [4.78, 5) is 0. The van der Waals surface area contributed by atoms with Gasteiger partial charge in [-0.25, -0.2) is 0 Å². The molecule has 1 unspecified atom stereocenters. The molecular formula is C8H14O. The quantitative estimate of drug-likeness (QED) is 0.523. The molecule has 0 aromatic heterocycles. The minimum absolute atomic E-state index is 0.366. The van der Waals surface area contributed by atoms with E-state index in [9.17, 15) is 0 Å². The number of hydrogen-bond acceptors (Lipinski definition) is 1. The molecule has 0 aliphatic rings. The maximum absolute atomic E-state index is 4.88. The molecule has 9 heavy (non-hydrogen) atoms. The van der Waals surface area contributed by atoms with Crippen molar-refractivity contribution < 1.29 is 4.74 Å². The molecule has 0 saturated carbocycles. The van der Waals surface area contributed by atoms with Crippen molar-refractivity contribution in [1.29, 1.82) is 0 Å². The fourth-order valence-corrected chi connectivity index (χ4v) is 0.484. The van der Waals surface area contributed by atoms with Gasteiger partial charge in [-0.15, -0.1) is 6.58 Å². The highest BCUT2D eigenvalue weighted by Crippen LogP contribution is 2.07. The molecule has 1 atom stereocenters. The molecule has 0 rings (SSSR count). The van der Waals surface area contributed by atoms with Crippen molar-refractivity contribution in [1.82, 2.24) is 0 Å². The van der Waals surface area contributed by atoms with Crippen LogP contribution < -0.4 is 0 Å². The number of methoxy groups -OCH3 is 1. The highest BCUT2D eigenvalue weighted by molar-refractivity contribution is 5.05. The summed E-state index contributed by atoms with van der Waals surface area (Å²) in [6.45, 7) is 10.1. The van der Waals surface area contributed by atoms with Crippen LogP contribution in [0.25, 0.3) is 0 Å². The van der Waals surface area contributed by atoms with Crippen molar-refractivity contribution in [3.05, 3.63) is 24.8 Å². The van der Waals surface area contributed by atoms with Crippen LogP contribution in [-0.4, -0.2) is 13.7 Å². The Labute approximate surface area is 57.0 Å². The van der Waals surface area contributed by atoms with Gasteiger partial charge in [0.15, 0.2) is 0 Å². The zero-order chi connectivity index (χ0) is 7.28. The highest BCUT2D eigenvalue weighted by atomic mass is 16.5. The van der Waals surface area contributed by atoms with Gasteiger partial charge in [0.05, 0.1) is 6.61 Å². The molecule has 0 spiro atoms. The van der Waals surface area contributed by atoms with E-state index in [2.05, 4.69) is 13.2 Å². The summed E-state index contributed by atoms with van der Waals surface area (Å²) >= 11 is 0. The SMILES string of the molecule is C=CC(C)C(=C)COC. The van der Waals surface area contributed by atoms with Gasteiger partial charge in [-0.05, 0) is 11.5 Å². The molecule has 0 N–H and O–H groups in total. The highest BCUT2D eigenvalue weighted by Gasteiger charge is 1.99. The monoisotopic (exact) mass is 126 g/mol. The molecule has 52 valence electrons. The number of hydrogen-bond donors (Lipinski definition) is 0. The van der Waals surface area contributed by atoms with Crippen LogP contribution in [0, 0.1) is 5.92 Å². The van der Waals surface area contributed by atoms with Gasteiger partial charge < -0.3 is 4.74 Å². The van der Waals surface area contributed by atoms with E-state index in [1.165, 1.54) is 0 Å². The van der Waals surface area contributed by atoms with Gasteiger partial charge in [-0.2, -0.15) is 0 Å². The second kappa shape index (κ2) is 4.33. The molecule has 0 saturated heterocycles. The van der Waals surface area contributed by atoms with Crippen LogP contribution >= 0.6 is 0 Å². The molecule has 0 aliphatic heterocycles. The van der Waals surface area contributed by atoms with E-state index in [0.717, 1.165) is 5.57 Å². The van der Waals surface area contributed by atoms with Crippen molar-refractivity contribution in [2.24, 2.45) is 5.92 Å². The summed E-state index contributed by atoms with van der Waals surface area (Å²) in [6, 6.07) is 0. The Hall–Kier alpha value is -0.560. The minimum Gasteiger partial charge on any atom is -0.380 e. The Bertz CT molecular complexity index is 105. The van der Waals surface area contributed by atoms with Crippen LogP contribution in [0.1, 0.15) is 6.92 Å². The molecule has 1 heteroatoms. The number of rotatable bonds is 4. The lowest BCUT2D eigenvalue weighted by Crippen LogP contribution is -2.00. The molecule has 0 heterocycles. The first-order valence-electron chi connectivity index (χ1n) is 3.01. The van der Waals surface area contributed by atoms with Crippen LogP contribution in [0.15, 0.2) is 24.8 Å². The molecular weight excluding hydrogens is 112 g/mol. The zero-order valence-corrected chi connectivity index (χ0v) is 6.18. The van der Waals surface area contributed by atoms with Crippen LogP contribution in [0.2, 0.25) is 0 Å².